The monoisotopic (exact) mass is 873 g/mol. The predicted molar refractivity (Wildman–Crippen MR) is 221 cm³/mol. The van der Waals surface area contributed by atoms with Crippen molar-refractivity contribution in [3.8, 4) is 5.75 Å². The van der Waals surface area contributed by atoms with Crippen molar-refractivity contribution in [1.82, 2.24) is 37.3 Å². The molecule has 22 heteroatoms. The molecule has 0 aliphatic rings. The Hall–Kier alpha value is -6.52. The van der Waals surface area contributed by atoms with Gasteiger partial charge in [-0.25, -0.2) is 15.4 Å². The second-order valence-electron chi connectivity index (χ2n) is 15.2. The Labute approximate surface area is 358 Å². The van der Waals surface area contributed by atoms with Crippen LogP contribution in [0, 0.1) is 0 Å². The normalized spacial score (nSPS) is 13.9. The maximum Gasteiger partial charge on any atom is 0.408 e. The quantitative estimate of drug-likeness (QED) is 0.0247. The standard InChI is InChI=1S/C40H59N9O13/c1-23(51)32(48-35(56)29(20-24-13-15-26(52)16-14-24)47-39(60)61-22-25-10-6-5-7-11-25)37(58)45-27(12-8-9-19-43-38(59)62-40(2,3)4)33(54)44-28(17-18-31(41)53)34(55)46-30(21-50)36(57)49-42/h5-7,10-11,13-16,23,27-30,32,50-52H,8-9,12,17-22,42H2,1-4H3,(H2,41,53)(H,43,59)(H,44,54)(H,45,58)(H,46,55)(H,47,60)(H,48,56)(H,49,57)/t23-,27+,28+,29+,30+,32+/m1/s1. The number of ether oxygens (including phenoxy) is 2. The lowest BCUT2D eigenvalue weighted by Crippen LogP contribution is -2.61. The van der Waals surface area contributed by atoms with Gasteiger partial charge in [0.25, 0.3) is 5.91 Å². The molecule has 0 aromatic heterocycles. The predicted octanol–water partition coefficient (Wildman–Crippen LogP) is -1.51. The number of primary amides is 1. The van der Waals surface area contributed by atoms with E-state index in [1.807, 2.05) is 0 Å². The molecule has 0 spiro atoms. The molecule has 0 heterocycles. The molecule has 0 fully saturated rings. The first-order chi connectivity index (χ1) is 29.2. The average molecular weight is 874 g/mol. The fourth-order valence-electron chi connectivity index (χ4n) is 5.55. The van der Waals surface area contributed by atoms with E-state index in [9.17, 15) is 53.7 Å². The number of aliphatic hydroxyl groups excluding tert-OH is 2. The van der Waals surface area contributed by atoms with E-state index in [1.54, 1.807) is 56.5 Å². The van der Waals surface area contributed by atoms with Gasteiger partial charge < -0.3 is 62.4 Å². The third-order valence-corrected chi connectivity index (χ3v) is 8.75. The molecule has 6 atom stereocenters. The zero-order chi connectivity index (χ0) is 46.4. The van der Waals surface area contributed by atoms with Gasteiger partial charge in [-0.3, -0.25) is 34.2 Å². The van der Waals surface area contributed by atoms with Crippen LogP contribution in [0.2, 0.25) is 0 Å². The molecule has 0 saturated carbocycles. The van der Waals surface area contributed by atoms with Crippen LogP contribution in [0.5, 0.6) is 5.75 Å². The zero-order valence-electron chi connectivity index (χ0n) is 35.1. The maximum absolute atomic E-state index is 13.9. The number of carbonyl (C=O) groups is 8. The highest BCUT2D eigenvalue weighted by atomic mass is 16.6. The van der Waals surface area contributed by atoms with Crippen LogP contribution in [-0.4, -0.2) is 118 Å². The summed E-state index contributed by atoms with van der Waals surface area (Å²) >= 11 is 0. The summed E-state index contributed by atoms with van der Waals surface area (Å²) in [5.74, 6) is -0.730. The molecular weight excluding hydrogens is 814 g/mol. The Morgan fingerprint density at radius 2 is 1.27 bits per heavy atom. The van der Waals surface area contributed by atoms with E-state index in [1.165, 1.54) is 31.2 Å². The molecule has 22 nitrogen and oxygen atoms in total. The summed E-state index contributed by atoms with van der Waals surface area (Å²) < 4.78 is 10.5. The first-order valence-corrected chi connectivity index (χ1v) is 19.7. The first-order valence-electron chi connectivity index (χ1n) is 19.7. The van der Waals surface area contributed by atoms with E-state index in [4.69, 9.17) is 21.1 Å². The second-order valence-corrected chi connectivity index (χ2v) is 15.2. The Balaban J connectivity index is 2.35. The van der Waals surface area contributed by atoms with Crippen molar-refractivity contribution in [2.24, 2.45) is 11.6 Å². The number of aliphatic hydroxyl groups is 2. The SMILES string of the molecule is C[C@@H](O)[C@H](NC(=O)[C@H](Cc1ccc(O)cc1)NC(=O)OCc1ccccc1)C(=O)N[C@@H](CCCCNC(=O)OC(C)(C)C)C(=O)N[C@@H](CCC(N)=O)C(=O)N[C@@H](CO)C(=O)NN. The molecule has 14 N–H and O–H groups in total. The summed E-state index contributed by atoms with van der Waals surface area (Å²) in [4.78, 5) is 103. The summed E-state index contributed by atoms with van der Waals surface area (Å²) in [7, 11) is 0. The Morgan fingerprint density at radius 3 is 1.84 bits per heavy atom. The van der Waals surface area contributed by atoms with Gasteiger partial charge in [-0.1, -0.05) is 42.5 Å². The van der Waals surface area contributed by atoms with Gasteiger partial charge >= 0.3 is 12.2 Å². The smallest absolute Gasteiger partial charge is 0.408 e. The molecule has 342 valence electrons. The number of hydrazine groups is 1. The molecule has 0 unspecified atom stereocenters. The lowest BCUT2D eigenvalue weighted by Gasteiger charge is -2.28. The highest BCUT2D eigenvalue weighted by molar-refractivity contribution is 5.96. The summed E-state index contributed by atoms with van der Waals surface area (Å²) in [6, 6.07) is 6.78. The number of unbranched alkanes of at least 4 members (excludes halogenated alkanes) is 1. The molecule has 0 saturated heterocycles. The number of hydrogen-bond acceptors (Lipinski definition) is 14. The molecule has 0 aliphatic heterocycles. The van der Waals surface area contributed by atoms with Gasteiger partial charge in [-0.2, -0.15) is 0 Å². The van der Waals surface area contributed by atoms with Crippen LogP contribution in [0.4, 0.5) is 9.59 Å². The lowest BCUT2D eigenvalue weighted by molar-refractivity contribution is -0.136. The van der Waals surface area contributed by atoms with Crippen LogP contribution in [-0.2, 0) is 51.3 Å². The number of carbonyl (C=O) groups excluding carboxylic acids is 8. The van der Waals surface area contributed by atoms with E-state index in [0.29, 0.717) is 11.1 Å². The van der Waals surface area contributed by atoms with Gasteiger partial charge in [0.1, 0.15) is 48.2 Å². The minimum Gasteiger partial charge on any atom is -0.508 e. The summed E-state index contributed by atoms with van der Waals surface area (Å²) in [6.45, 7) is 5.33. The number of alkyl carbamates (subject to hydrolysis) is 2. The number of nitrogens with two attached hydrogens (primary N) is 2. The van der Waals surface area contributed by atoms with Crippen LogP contribution >= 0.6 is 0 Å². The Morgan fingerprint density at radius 1 is 0.694 bits per heavy atom. The van der Waals surface area contributed by atoms with Gasteiger partial charge in [0.2, 0.25) is 29.5 Å². The van der Waals surface area contributed by atoms with Gasteiger partial charge in [0, 0.05) is 19.4 Å². The van der Waals surface area contributed by atoms with Crippen LogP contribution in [0.15, 0.2) is 54.6 Å². The summed E-state index contributed by atoms with van der Waals surface area (Å²) in [6.07, 6.45) is -3.88. The molecule has 2 aromatic rings. The zero-order valence-corrected chi connectivity index (χ0v) is 35.1. The molecule has 2 aromatic carbocycles. The number of phenolic OH excluding ortho intramolecular Hbond substituents is 1. The van der Waals surface area contributed by atoms with Crippen molar-refractivity contribution in [1.29, 1.82) is 0 Å². The number of benzene rings is 2. The van der Waals surface area contributed by atoms with Crippen molar-refractivity contribution in [3.05, 3.63) is 65.7 Å². The van der Waals surface area contributed by atoms with Crippen molar-refractivity contribution in [2.45, 2.75) is 115 Å². The highest BCUT2D eigenvalue weighted by Crippen LogP contribution is 2.13. The number of rotatable bonds is 24. The fraction of sp³-hybridized carbons (Fsp3) is 0.500. The Kier molecular flexibility index (Phi) is 21.6. The molecule has 0 aliphatic carbocycles. The van der Waals surface area contributed by atoms with E-state index in [2.05, 4.69) is 31.9 Å². The minimum atomic E-state index is -1.73. The number of hydrogen-bond donors (Lipinski definition) is 12. The van der Waals surface area contributed by atoms with Crippen LogP contribution in [0.1, 0.15) is 70.9 Å². The minimum absolute atomic E-state index is 0.0538. The average Bonchev–Trinajstić information content (AvgIpc) is 3.21. The fourth-order valence-corrected chi connectivity index (χ4v) is 5.55. The van der Waals surface area contributed by atoms with Crippen LogP contribution in [0.3, 0.4) is 0 Å². The second kappa shape index (κ2) is 26.0. The third kappa shape index (κ3) is 19.7. The molecular formula is C40H59N9O13. The highest BCUT2D eigenvalue weighted by Gasteiger charge is 2.34. The number of phenols is 1. The Bertz CT molecular complexity index is 1810. The van der Waals surface area contributed by atoms with Crippen molar-refractivity contribution in [3.63, 3.8) is 0 Å². The molecule has 0 radical (unpaired) electrons. The van der Waals surface area contributed by atoms with Gasteiger partial charge in [0.15, 0.2) is 0 Å². The molecule has 2 rings (SSSR count). The van der Waals surface area contributed by atoms with Gasteiger partial charge in [-0.15, -0.1) is 0 Å². The van der Waals surface area contributed by atoms with Crippen LogP contribution < -0.4 is 48.9 Å². The van der Waals surface area contributed by atoms with Gasteiger partial charge in [-0.05, 0) is 76.6 Å². The van der Waals surface area contributed by atoms with Crippen molar-refractivity contribution >= 4 is 47.6 Å². The molecule has 62 heavy (non-hydrogen) atoms. The maximum atomic E-state index is 13.9. The third-order valence-electron chi connectivity index (χ3n) is 8.75. The lowest BCUT2D eigenvalue weighted by atomic mass is 10.0. The largest absolute Gasteiger partial charge is 0.508 e. The van der Waals surface area contributed by atoms with Crippen molar-refractivity contribution in [2.75, 3.05) is 13.2 Å². The number of nitrogens with one attached hydrogen (secondary N) is 7. The van der Waals surface area contributed by atoms with E-state index < -0.39 is 103 Å². The van der Waals surface area contributed by atoms with Gasteiger partial charge in [0.05, 0.1) is 12.7 Å². The van der Waals surface area contributed by atoms with Crippen LogP contribution in [0.25, 0.3) is 0 Å². The number of amides is 8. The summed E-state index contributed by atoms with van der Waals surface area (Å²) in [5.41, 5.74) is 7.45. The van der Waals surface area contributed by atoms with E-state index >= 15 is 0 Å². The first kappa shape index (κ1) is 51.6. The van der Waals surface area contributed by atoms with E-state index in [-0.39, 0.29) is 51.0 Å². The summed E-state index contributed by atoms with van der Waals surface area (Å²) in [5, 5.41) is 44.6. The molecule has 8 amide bonds. The van der Waals surface area contributed by atoms with Crippen molar-refractivity contribution < 1.29 is 63.1 Å². The topological polar surface area (TPSA) is 352 Å². The van der Waals surface area contributed by atoms with E-state index in [0.717, 1.165) is 0 Å². The molecule has 0 bridgehead atoms. The number of aromatic hydroxyl groups is 1.